The minimum Gasteiger partial charge on any atom is -0.497 e. The fourth-order valence-electron chi connectivity index (χ4n) is 2.12. The van der Waals surface area contributed by atoms with Crippen LogP contribution in [-0.4, -0.2) is 16.9 Å². The highest BCUT2D eigenvalue weighted by Crippen LogP contribution is 2.23. The van der Waals surface area contributed by atoms with Gasteiger partial charge in [0.25, 0.3) is 5.56 Å². The largest absolute Gasteiger partial charge is 0.497 e. The molecular weight excluding hydrogens is 266 g/mol. The van der Waals surface area contributed by atoms with Crippen LogP contribution in [0.25, 0.3) is 11.3 Å². The Balaban J connectivity index is 2.60. The standard InChI is InChI=1S/C16H21N3O2/c1-5-19-15(20)13(16(2,3)17)10-14(18-19)11-6-8-12(21-4)9-7-11/h6-10H,5,17H2,1-4H3. The Hall–Kier alpha value is -2.14. The van der Waals surface area contributed by atoms with E-state index in [2.05, 4.69) is 5.10 Å². The van der Waals surface area contributed by atoms with Gasteiger partial charge in [-0.3, -0.25) is 4.79 Å². The van der Waals surface area contributed by atoms with Crippen LogP contribution in [0.5, 0.6) is 5.75 Å². The molecule has 0 aliphatic heterocycles. The zero-order valence-electron chi connectivity index (χ0n) is 12.9. The molecular formula is C16H21N3O2. The third-order valence-corrected chi connectivity index (χ3v) is 3.35. The van der Waals surface area contributed by atoms with Crippen molar-refractivity contribution in [1.82, 2.24) is 9.78 Å². The molecule has 0 aliphatic rings. The van der Waals surface area contributed by atoms with Crippen molar-refractivity contribution in [3.8, 4) is 17.0 Å². The predicted octanol–water partition coefficient (Wildman–Crippen LogP) is 2.13. The quantitative estimate of drug-likeness (QED) is 0.935. The Kier molecular flexibility index (Phi) is 4.14. The van der Waals surface area contributed by atoms with Gasteiger partial charge in [0.2, 0.25) is 0 Å². The zero-order chi connectivity index (χ0) is 15.6. The van der Waals surface area contributed by atoms with E-state index in [1.807, 2.05) is 45.0 Å². The normalized spacial score (nSPS) is 11.5. The molecule has 2 aromatic rings. The number of hydrogen-bond donors (Lipinski definition) is 1. The van der Waals surface area contributed by atoms with Gasteiger partial charge in [-0.2, -0.15) is 5.10 Å². The van der Waals surface area contributed by atoms with Gasteiger partial charge < -0.3 is 10.5 Å². The first-order valence-electron chi connectivity index (χ1n) is 6.92. The van der Waals surface area contributed by atoms with Crippen molar-refractivity contribution in [3.05, 3.63) is 46.2 Å². The lowest BCUT2D eigenvalue weighted by Gasteiger charge is -2.20. The van der Waals surface area contributed by atoms with Gasteiger partial charge in [-0.15, -0.1) is 0 Å². The molecule has 0 unspecified atom stereocenters. The highest BCUT2D eigenvalue weighted by atomic mass is 16.5. The Labute approximate surface area is 124 Å². The molecule has 0 atom stereocenters. The maximum absolute atomic E-state index is 12.3. The first kappa shape index (κ1) is 15.3. The average molecular weight is 287 g/mol. The Morgan fingerprint density at radius 1 is 1.29 bits per heavy atom. The van der Waals surface area contributed by atoms with E-state index in [1.165, 1.54) is 4.68 Å². The molecule has 0 fully saturated rings. The van der Waals surface area contributed by atoms with Crippen LogP contribution in [0.4, 0.5) is 0 Å². The molecule has 0 radical (unpaired) electrons. The average Bonchev–Trinajstić information content (AvgIpc) is 2.46. The number of hydrogen-bond acceptors (Lipinski definition) is 4. The Morgan fingerprint density at radius 3 is 2.38 bits per heavy atom. The maximum atomic E-state index is 12.3. The van der Waals surface area contributed by atoms with Crippen molar-refractivity contribution in [2.45, 2.75) is 32.9 Å². The molecule has 0 spiro atoms. The van der Waals surface area contributed by atoms with E-state index >= 15 is 0 Å². The second-order valence-electron chi connectivity index (χ2n) is 5.51. The van der Waals surface area contributed by atoms with E-state index in [1.54, 1.807) is 13.2 Å². The van der Waals surface area contributed by atoms with Gasteiger partial charge in [0.1, 0.15) is 5.75 Å². The minimum absolute atomic E-state index is 0.137. The van der Waals surface area contributed by atoms with Crippen molar-refractivity contribution >= 4 is 0 Å². The lowest BCUT2D eigenvalue weighted by Crippen LogP contribution is -2.39. The van der Waals surface area contributed by atoms with Crippen LogP contribution in [0.15, 0.2) is 35.1 Å². The Morgan fingerprint density at radius 2 is 1.90 bits per heavy atom. The second-order valence-corrected chi connectivity index (χ2v) is 5.51. The highest BCUT2D eigenvalue weighted by Gasteiger charge is 2.21. The summed E-state index contributed by atoms with van der Waals surface area (Å²) in [6.07, 6.45) is 0. The van der Waals surface area contributed by atoms with Crippen molar-refractivity contribution in [1.29, 1.82) is 0 Å². The SMILES string of the molecule is CCn1nc(-c2ccc(OC)cc2)cc(C(C)(C)N)c1=O. The van der Waals surface area contributed by atoms with Crippen molar-refractivity contribution < 1.29 is 4.74 Å². The summed E-state index contributed by atoms with van der Waals surface area (Å²) in [4.78, 5) is 12.3. The third kappa shape index (κ3) is 3.13. The van der Waals surface area contributed by atoms with Gasteiger partial charge in [0, 0.05) is 23.2 Å². The highest BCUT2D eigenvalue weighted by molar-refractivity contribution is 5.60. The molecule has 2 N–H and O–H groups in total. The van der Waals surface area contributed by atoms with Crippen LogP contribution >= 0.6 is 0 Å². The fourth-order valence-corrected chi connectivity index (χ4v) is 2.12. The molecule has 0 amide bonds. The first-order valence-corrected chi connectivity index (χ1v) is 6.92. The molecule has 0 saturated carbocycles. The second kappa shape index (κ2) is 5.69. The summed E-state index contributed by atoms with van der Waals surface area (Å²) >= 11 is 0. The summed E-state index contributed by atoms with van der Waals surface area (Å²) in [6, 6.07) is 9.34. The molecule has 1 heterocycles. The topological polar surface area (TPSA) is 70.1 Å². The number of rotatable bonds is 4. The molecule has 21 heavy (non-hydrogen) atoms. The zero-order valence-corrected chi connectivity index (χ0v) is 12.9. The number of nitrogens with zero attached hydrogens (tertiary/aromatic N) is 2. The number of aryl methyl sites for hydroxylation is 1. The number of aromatic nitrogens is 2. The van der Waals surface area contributed by atoms with E-state index in [-0.39, 0.29) is 5.56 Å². The predicted molar refractivity (Wildman–Crippen MR) is 83.4 cm³/mol. The monoisotopic (exact) mass is 287 g/mol. The van der Waals surface area contributed by atoms with Crippen LogP contribution < -0.4 is 16.0 Å². The van der Waals surface area contributed by atoms with E-state index in [0.717, 1.165) is 17.0 Å². The lowest BCUT2D eigenvalue weighted by molar-refractivity contribution is 0.415. The molecule has 2 rings (SSSR count). The van der Waals surface area contributed by atoms with E-state index in [9.17, 15) is 4.79 Å². The summed E-state index contributed by atoms with van der Waals surface area (Å²) in [5, 5.41) is 4.40. The maximum Gasteiger partial charge on any atom is 0.271 e. The van der Waals surface area contributed by atoms with Gasteiger partial charge in [-0.1, -0.05) is 0 Å². The molecule has 1 aromatic carbocycles. The third-order valence-electron chi connectivity index (χ3n) is 3.35. The van der Waals surface area contributed by atoms with Gasteiger partial charge in [-0.05, 0) is 51.1 Å². The summed E-state index contributed by atoms with van der Waals surface area (Å²) in [6.45, 7) is 6.04. The Bertz CT molecular complexity index is 682. The molecule has 0 saturated heterocycles. The van der Waals surface area contributed by atoms with Crippen molar-refractivity contribution in [2.75, 3.05) is 7.11 Å². The summed E-state index contributed by atoms with van der Waals surface area (Å²) in [7, 11) is 1.62. The van der Waals surface area contributed by atoms with Gasteiger partial charge >= 0.3 is 0 Å². The van der Waals surface area contributed by atoms with Crippen LogP contribution in [0.2, 0.25) is 0 Å². The summed E-state index contributed by atoms with van der Waals surface area (Å²) in [5.74, 6) is 0.780. The van der Waals surface area contributed by atoms with Gasteiger partial charge in [-0.25, -0.2) is 4.68 Å². The van der Waals surface area contributed by atoms with Crippen molar-refractivity contribution in [3.63, 3.8) is 0 Å². The van der Waals surface area contributed by atoms with Crippen LogP contribution in [0, 0.1) is 0 Å². The molecule has 0 aliphatic carbocycles. The molecule has 5 heteroatoms. The summed E-state index contributed by atoms with van der Waals surface area (Å²) < 4.78 is 6.60. The van der Waals surface area contributed by atoms with Gasteiger partial charge in [0.05, 0.1) is 12.8 Å². The van der Waals surface area contributed by atoms with Crippen LogP contribution in [-0.2, 0) is 12.1 Å². The number of nitrogens with two attached hydrogens (primary N) is 1. The first-order chi connectivity index (χ1) is 9.86. The molecule has 0 bridgehead atoms. The molecule has 112 valence electrons. The van der Waals surface area contributed by atoms with E-state index in [0.29, 0.717) is 12.1 Å². The van der Waals surface area contributed by atoms with Crippen LogP contribution in [0.3, 0.4) is 0 Å². The number of ether oxygens (including phenoxy) is 1. The fraction of sp³-hybridized carbons (Fsp3) is 0.375. The molecule has 5 nitrogen and oxygen atoms in total. The van der Waals surface area contributed by atoms with Crippen LogP contribution in [0.1, 0.15) is 26.3 Å². The lowest BCUT2D eigenvalue weighted by atomic mass is 9.96. The minimum atomic E-state index is -0.710. The van der Waals surface area contributed by atoms with E-state index in [4.69, 9.17) is 10.5 Å². The van der Waals surface area contributed by atoms with E-state index < -0.39 is 5.54 Å². The van der Waals surface area contributed by atoms with Gasteiger partial charge in [0.15, 0.2) is 0 Å². The summed E-state index contributed by atoms with van der Waals surface area (Å²) in [5.41, 5.74) is 7.48. The number of benzene rings is 1. The molecule has 1 aromatic heterocycles. The van der Waals surface area contributed by atoms with Crippen molar-refractivity contribution in [2.24, 2.45) is 5.73 Å². The number of methoxy groups -OCH3 is 1. The smallest absolute Gasteiger partial charge is 0.271 e.